The largest absolute Gasteiger partial charge is 0.397 e. The van der Waals surface area contributed by atoms with E-state index < -0.39 is 5.91 Å². The summed E-state index contributed by atoms with van der Waals surface area (Å²) in [6.07, 6.45) is 1.75. The Hall–Kier alpha value is -1.28. The van der Waals surface area contributed by atoms with Gasteiger partial charge in [-0.25, -0.2) is 4.98 Å². The van der Waals surface area contributed by atoms with Crippen molar-refractivity contribution in [1.29, 1.82) is 0 Å². The fourth-order valence-electron chi connectivity index (χ4n) is 2.38. The topological polar surface area (TPSA) is 97.3 Å². The van der Waals surface area contributed by atoms with E-state index >= 15 is 0 Å². The van der Waals surface area contributed by atoms with Crippen molar-refractivity contribution < 1.29 is 4.79 Å². The highest BCUT2D eigenvalue weighted by Gasteiger charge is 2.20. The molecule has 2 aromatic heterocycles. The molecule has 1 aliphatic heterocycles. The minimum Gasteiger partial charge on any atom is -0.397 e. The molecular weight excluding hydrogens is 333 g/mol. The Bertz CT molecular complexity index is 642. The molecule has 116 valence electrons. The van der Waals surface area contributed by atoms with Crippen molar-refractivity contribution in [3.63, 3.8) is 0 Å². The highest BCUT2D eigenvalue weighted by atomic mass is 35.5. The number of thiophene rings is 1. The van der Waals surface area contributed by atoms with Gasteiger partial charge in [0.1, 0.15) is 9.71 Å². The predicted molar refractivity (Wildman–Crippen MR) is 92.1 cm³/mol. The van der Waals surface area contributed by atoms with Gasteiger partial charge in [-0.3, -0.25) is 4.79 Å². The molecule has 0 saturated carbocycles. The van der Waals surface area contributed by atoms with E-state index in [1.807, 2.05) is 6.07 Å². The first-order valence-electron chi connectivity index (χ1n) is 6.11. The van der Waals surface area contributed by atoms with Gasteiger partial charge in [0, 0.05) is 32.4 Å². The second kappa shape index (κ2) is 7.13. The summed E-state index contributed by atoms with van der Waals surface area (Å²) in [6, 6.07) is 1.95. The summed E-state index contributed by atoms with van der Waals surface area (Å²) < 4.78 is 0. The van der Waals surface area contributed by atoms with E-state index in [1.54, 1.807) is 6.20 Å². The molecular formula is C12H17Cl2N5OS. The highest BCUT2D eigenvalue weighted by Crippen LogP contribution is 2.38. The van der Waals surface area contributed by atoms with Crippen molar-refractivity contribution >= 4 is 63.6 Å². The molecule has 0 radical (unpaired) electrons. The predicted octanol–water partition coefficient (Wildman–Crippen LogP) is 1.23. The lowest BCUT2D eigenvalue weighted by Gasteiger charge is -2.30. The highest BCUT2D eigenvalue weighted by molar-refractivity contribution is 7.21. The number of aromatic nitrogens is 1. The van der Waals surface area contributed by atoms with Crippen LogP contribution in [0, 0.1) is 0 Å². The Morgan fingerprint density at radius 1 is 1.33 bits per heavy atom. The molecule has 1 saturated heterocycles. The zero-order chi connectivity index (χ0) is 13.4. The average Bonchev–Trinajstić information content (AvgIpc) is 2.78. The van der Waals surface area contributed by atoms with Gasteiger partial charge in [-0.05, 0) is 6.07 Å². The summed E-state index contributed by atoms with van der Waals surface area (Å²) in [6.45, 7) is 3.72. The molecule has 0 bridgehead atoms. The molecule has 5 N–H and O–H groups in total. The number of rotatable bonds is 2. The molecule has 0 atom stereocenters. The molecule has 1 fully saturated rings. The SMILES string of the molecule is Cl.Cl.NC(=O)c1sc2nccc(N3CCNCC3)c2c1N. The number of hydrogen-bond acceptors (Lipinski definition) is 6. The van der Waals surface area contributed by atoms with E-state index in [2.05, 4.69) is 15.2 Å². The first-order valence-corrected chi connectivity index (χ1v) is 6.92. The number of nitrogen functional groups attached to an aromatic ring is 1. The molecule has 3 heterocycles. The number of carbonyl (C=O) groups excluding carboxylic acids is 1. The number of amides is 1. The van der Waals surface area contributed by atoms with Gasteiger partial charge < -0.3 is 21.7 Å². The number of halogens is 2. The Labute approximate surface area is 138 Å². The Morgan fingerprint density at radius 3 is 2.62 bits per heavy atom. The van der Waals surface area contributed by atoms with E-state index in [1.165, 1.54) is 11.3 Å². The standard InChI is InChI=1S/C12H15N5OS.2ClH/c13-9-8-7(17-5-3-15-4-6-17)1-2-16-12(8)19-10(9)11(14)18;;/h1-2,15H,3-6,13H2,(H2,14,18);2*1H. The van der Waals surface area contributed by atoms with Gasteiger partial charge in [0.05, 0.1) is 16.8 Å². The number of nitrogens with two attached hydrogens (primary N) is 2. The summed E-state index contributed by atoms with van der Waals surface area (Å²) in [4.78, 5) is 19.1. The van der Waals surface area contributed by atoms with Crippen molar-refractivity contribution in [2.24, 2.45) is 5.73 Å². The van der Waals surface area contributed by atoms with Crippen LogP contribution in [-0.4, -0.2) is 37.1 Å². The average molecular weight is 350 g/mol. The van der Waals surface area contributed by atoms with Gasteiger partial charge in [0.2, 0.25) is 0 Å². The first kappa shape index (κ1) is 17.8. The lowest BCUT2D eigenvalue weighted by atomic mass is 10.2. The normalized spacial score (nSPS) is 14.4. The van der Waals surface area contributed by atoms with Crippen molar-refractivity contribution in [3.05, 3.63) is 17.1 Å². The van der Waals surface area contributed by atoms with Crippen LogP contribution in [0.25, 0.3) is 10.2 Å². The molecule has 0 aromatic carbocycles. The molecule has 2 aromatic rings. The van der Waals surface area contributed by atoms with E-state index in [4.69, 9.17) is 11.5 Å². The van der Waals surface area contributed by atoms with Gasteiger partial charge in [-0.2, -0.15) is 0 Å². The summed E-state index contributed by atoms with van der Waals surface area (Å²) in [5.41, 5.74) is 12.9. The molecule has 21 heavy (non-hydrogen) atoms. The van der Waals surface area contributed by atoms with Gasteiger partial charge >= 0.3 is 0 Å². The second-order valence-corrected chi connectivity index (χ2v) is 5.46. The van der Waals surface area contributed by atoms with E-state index in [-0.39, 0.29) is 24.8 Å². The maximum absolute atomic E-state index is 11.4. The van der Waals surface area contributed by atoms with Crippen LogP contribution in [0.2, 0.25) is 0 Å². The number of pyridine rings is 1. The molecule has 0 spiro atoms. The minimum absolute atomic E-state index is 0. The number of anilines is 2. The number of fused-ring (bicyclic) bond motifs is 1. The number of carbonyl (C=O) groups is 1. The number of piperazine rings is 1. The quantitative estimate of drug-likeness (QED) is 0.757. The van der Waals surface area contributed by atoms with Crippen LogP contribution in [-0.2, 0) is 0 Å². The van der Waals surface area contributed by atoms with Crippen molar-refractivity contribution in [1.82, 2.24) is 10.3 Å². The van der Waals surface area contributed by atoms with E-state index in [0.717, 1.165) is 42.1 Å². The second-order valence-electron chi connectivity index (χ2n) is 4.46. The Kier molecular flexibility index (Phi) is 6.03. The molecule has 0 unspecified atom stereocenters. The van der Waals surface area contributed by atoms with Crippen molar-refractivity contribution in [2.45, 2.75) is 0 Å². The summed E-state index contributed by atoms with van der Waals surface area (Å²) in [7, 11) is 0. The van der Waals surface area contributed by atoms with Crippen LogP contribution in [0.3, 0.4) is 0 Å². The number of nitrogens with zero attached hydrogens (tertiary/aromatic N) is 2. The lowest BCUT2D eigenvalue weighted by Crippen LogP contribution is -2.43. The molecule has 1 aliphatic rings. The third kappa shape index (κ3) is 3.16. The summed E-state index contributed by atoms with van der Waals surface area (Å²) in [5.74, 6) is -0.494. The first-order chi connectivity index (χ1) is 9.18. The maximum Gasteiger partial charge on any atom is 0.260 e. The monoisotopic (exact) mass is 349 g/mol. The van der Waals surface area contributed by atoms with E-state index in [0.29, 0.717) is 10.6 Å². The van der Waals surface area contributed by atoms with Gasteiger partial charge in [0.25, 0.3) is 5.91 Å². The van der Waals surface area contributed by atoms with Crippen molar-refractivity contribution in [3.8, 4) is 0 Å². The van der Waals surface area contributed by atoms with Crippen LogP contribution in [0.15, 0.2) is 12.3 Å². The van der Waals surface area contributed by atoms with Crippen LogP contribution in [0.5, 0.6) is 0 Å². The van der Waals surface area contributed by atoms with Crippen LogP contribution in [0.1, 0.15) is 9.67 Å². The summed E-state index contributed by atoms with van der Waals surface area (Å²) in [5, 5.41) is 4.16. The fraction of sp³-hybridized carbons (Fsp3) is 0.333. The molecule has 9 heteroatoms. The van der Waals surface area contributed by atoms with E-state index in [9.17, 15) is 4.79 Å². The van der Waals surface area contributed by atoms with Crippen LogP contribution >= 0.6 is 36.2 Å². The number of primary amides is 1. The number of hydrogen-bond donors (Lipinski definition) is 3. The Balaban J connectivity index is 0.00000110. The minimum atomic E-state index is -0.494. The Morgan fingerprint density at radius 2 is 2.00 bits per heavy atom. The van der Waals surface area contributed by atoms with Gasteiger partial charge in [-0.1, -0.05) is 0 Å². The van der Waals surface area contributed by atoms with Crippen LogP contribution in [0.4, 0.5) is 11.4 Å². The fourth-order valence-corrected chi connectivity index (χ4v) is 3.32. The van der Waals surface area contributed by atoms with Gasteiger partial charge in [-0.15, -0.1) is 36.2 Å². The number of nitrogens with one attached hydrogen (secondary N) is 1. The third-order valence-corrected chi connectivity index (χ3v) is 4.42. The molecule has 0 aliphatic carbocycles. The zero-order valence-electron chi connectivity index (χ0n) is 11.2. The molecule has 3 rings (SSSR count). The lowest BCUT2D eigenvalue weighted by molar-refractivity contribution is 0.100. The maximum atomic E-state index is 11.4. The van der Waals surface area contributed by atoms with Crippen LogP contribution < -0.4 is 21.7 Å². The molecule has 1 amide bonds. The molecule has 6 nitrogen and oxygen atoms in total. The smallest absolute Gasteiger partial charge is 0.260 e. The summed E-state index contributed by atoms with van der Waals surface area (Å²) >= 11 is 1.26. The third-order valence-electron chi connectivity index (χ3n) is 3.29. The van der Waals surface area contributed by atoms with Gasteiger partial charge in [0.15, 0.2) is 0 Å². The zero-order valence-corrected chi connectivity index (χ0v) is 13.6. The van der Waals surface area contributed by atoms with Crippen molar-refractivity contribution in [2.75, 3.05) is 36.8 Å².